The van der Waals surface area contributed by atoms with Crippen LogP contribution in [-0.2, 0) is 20.7 Å². The average Bonchev–Trinajstić information content (AvgIpc) is 2.56. The molecule has 0 aliphatic heterocycles. The fraction of sp³-hybridized carbons (Fsp3) is 0.550. The molecule has 0 aliphatic rings. The van der Waals surface area contributed by atoms with Gasteiger partial charge in [-0.1, -0.05) is 30.3 Å². The van der Waals surface area contributed by atoms with Crippen LogP contribution in [0.5, 0.6) is 0 Å². The second-order valence-electron chi connectivity index (χ2n) is 7.37. The summed E-state index contributed by atoms with van der Waals surface area (Å²) in [4.78, 5) is 35.4. The van der Waals surface area contributed by atoms with Gasteiger partial charge in [-0.25, -0.2) is 4.79 Å². The summed E-state index contributed by atoms with van der Waals surface area (Å²) < 4.78 is 5.27. The third-order valence-corrected chi connectivity index (χ3v) is 3.57. The van der Waals surface area contributed by atoms with Crippen LogP contribution in [0.3, 0.4) is 0 Å². The Hall–Kier alpha value is -2.57. The van der Waals surface area contributed by atoms with Gasteiger partial charge in [-0.15, -0.1) is 0 Å². The monoisotopic (exact) mass is 377 g/mol. The van der Waals surface area contributed by atoms with Gasteiger partial charge in [0.05, 0.1) is 0 Å². The van der Waals surface area contributed by atoms with Crippen LogP contribution in [0.25, 0.3) is 0 Å². The van der Waals surface area contributed by atoms with Gasteiger partial charge in [-0.05, 0) is 39.2 Å². The molecule has 3 N–H and O–H groups in total. The lowest BCUT2D eigenvalue weighted by atomic mass is 10.1. The number of carbonyl (C=O) groups is 3. The Bertz CT molecular complexity index is 611. The zero-order valence-corrected chi connectivity index (χ0v) is 16.6. The van der Waals surface area contributed by atoms with Gasteiger partial charge in [0.2, 0.25) is 11.8 Å². The number of alkyl carbamates (subject to hydrolysis) is 1. The van der Waals surface area contributed by atoms with Crippen molar-refractivity contribution in [1.29, 1.82) is 0 Å². The molecule has 0 saturated carbocycles. The maximum absolute atomic E-state index is 12.5. The maximum atomic E-state index is 12.5. The highest BCUT2D eigenvalue weighted by atomic mass is 16.6. The summed E-state index contributed by atoms with van der Waals surface area (Å²) in [5, 5.41) is 8.21. The summed E-state index contributed by atoms with van der Waals surface area (Å²) in [6, 6.07) is 8.77. The largest absolute Gasteiger partial charge is 0.444 e. The SMILES string of the molecule is CC(=O)NCCCCNC(=O)C(Cc1ccccc1)NC(=O)OC(C)(C)C. The van der Waals surface area contributed by atoms with Crippen LogP contribution in [0.1, 0.15) is 46.1 Å². The van der Waals surface area contributed by atoms with Crippen molar-refractivity contribution in [3.63, 3.8) is 0 Å². The molecule has 3 amide bonds. The van der Waals surface area contributed by atoms with Crippen LogP contribution < -0.4 is 16.0 Å². The van der Waals surface area contributed by atoms with Gasteiger partial charge in [-0.3, -0.25) is 9.59 Å². The quantitative estimate of drug-likeness (QED) is 0.575. The summed E-state index contributed by atoms with van der Waals surface area (Å²) in [5.41, 5.74) is 0.307. The second-order valence-corrected chi connectivity index (χ2v) is 7.37. The van der Waals surface area contributed by atoms with Gasteiger partial charge < -0.3 is 20.7 Å². The normalized spacial score (nSPS) is 12.0. The van der Waals surface area contributed by atoms with Crippen molar-refractivity contribution in [2.24, 2.45) is 0 Å². The molecule has 0 aromatic heterocycles. The van der Waals surface area contributed by atoms with Crippen molar-refractivity contribution in [2.45, 2.75) is 58.6 Å². The predicted molar refractivity (Wildman–Crippen MR) is 104 cm³/mol. The molecule has 1 aromatic carbocycles. The zero-order valence-electron chi connectivity index (χ0n) is 16.6. The van der Waals surface area contributed by atoms with E-state index in [1.165, 1.54) is 6.92 Å². The Morgan fingerprint density at radius 3 is 2.15 bits per heavy atom. The lowest BCUT2D eigenvalue weighted by molar-refractivity contribution is -0.123. The number of unbranched alkanes of at least 4 members (excludes halogenated alkanes) is 1. The van der Waals surface area contributed by atoms with Gasteiger partial charge in [0, 0.05) is 26.4 Å². The molecule has 1 aromatic rings. The topological polar surface area (TPSA) is 96.5 Å². The molecule has 0 bridgehead atoms. The predicted octanol–water partition coefficient (Wildman–Crippen LogP) is 2.15. The summed E-state index contributed by atoms with van der Waals surface area (Å²) in [6.45, 7) is 7.84. The molecular weight excluding hydrogens is 346 g/mol. The molecule has 0 fully saturated rings. The molecule has 7 nitrogen and oxygen atoms in total. The van der Waals surface area contributed by atoms with Crippen LogP contribution in [0, 0.1) is 0 Å². The highest BCUT2D eigenvalue weighted by Crippen LogP contribution is 2.08. The van der Waals surface area contributed by atoms with Crippen LogP contribution in [-0.4, -0.2) is 42.6 Å². The molecular formula is C20H31N3O4. The molecule has 0 heterocycles. The molecule has 150 valence electrons. The highest BCUT2D eigenvalue weighted by Gasteiger charge is 2.24. The Morgan fingerprint density at radius 1 is 1.00 bits per heavy atom. The van der Waals surface area contributed by atoms with E-state index in [0.717, 1.165) is 18.4 Å². The molecule has 27 heavy (non-hydrogen) atoms. The zero-order chi connectivity index (χ0) is 20.3. The van der Waals surface area contributed by atoms with E-state index >= 15 is 0 Å². The van der Waals surface area contributed by atoms with Crippen molar-refractivity contribution in [3.05, 3.63) is 35.9 Å². The molecule has 0 spiro atoms. The third kappa shape index (κ3) is 10.9. The first-order valence-electron chi connectivity index (χ1n) is 9.23. The number of ether oxygens (including phenoxy) is 1. The molecule has 0 radical (unpaired) electrons. The fourth-order valence-electron chi connectivity index (χ4n) is 2.36. The van der Waals surface area contributed by atoms with E-state index in [9.17, 15) is 14.4 Å². The number of hydrogen-bond donors (Lipinski definition) is 3. The van der Waals surface area contributed by atoms with Crippen LogP contribution in [0.4, 0.5) is 4.79 Å². The number of carbonyl (C=O) groups excluding carboxylic acids is 3. The first-order valence-corrected chi connectivity index (χ1v) is 9.23. The Balaban J connectivity index is 2.57. The average molecular weight is 377 g/mol. The number of rotatable bonds is 9. The Kier molecular flexibility index (Phi) is 9.33. The van der Waals surface area contributed by atoms with Crippen LogP contribution in [0.15, 0.2) is 30.3 Å². The number of hydrogen-bond acceptors (Lipinski definition) is 4. The minimum atomic E-state index is -0.724. The summed E-state index contributed by atoms with van der Waals surface area (Å²) in [7, 11) is 0. The van der Waals surface area contributed by atoms with E-state index in [0.29, 0.717) is 19.5 Å². The van der Waals surface area contributed by atoms with Crippen molar-refractivity contribution in [1.82, 2.24) is 16.0 Å². The lowest BCUT2D eigenvalue weighted by Crippen LogP contribution is -2.49. The van der Waals surface area contributed by atoms with Gasteiger partial charge in [0.25, 0.3) is 0 Å². The van der Waals surface area contributed by atoms with E-state index in [-0.39, 0.29) is 11.8 Å². The Morgan fingerprint density at radius 2 is 1.59 bits per heavy atom. The maximum Gasteiger partial charge on any atom is 0.408 e. The molecule has 1 atom stereocenters. The van der Waals surface area contributed by atoms with Crippen LogP contribution in [0.2, 0.25) is 0 Å². The molecule has 1 unspecified atom stereocenters. The van der Waals surface area contributed by atoms with Crippen molar-refractivity contribution >= 4 is 17.9 Å². The highest BCUT2D eigenvalue weighted by molar-refractivity contribution is 5.86. The van der Waals surface area contributed by atoms with Gasteiger partial charge in [0.1, 0.15) is 11.6 Å². The minimum Gasteiger partial charge on any atom is -0.444 e. The van der Waals surface area contributed by atoms with Gasteiger partial charge in [-0.2, -0.15) is 0 Å². The number of benzene rings is 1. The number of amides is 3. The van der Waals surface area contributed by atoms with E-state index in [2.05, 4.69) is 16.0 Å². The second kappa shape index (κ2) is 11.2. The van der Waals surface area contributed by atoms with E-state index in [1.807, 2.05) is 30.3 Å². The minimum absolute atomic E-state index is 0.0662. The summed E-state index contributed by atoms with van der Waals surface area (Å²) in [5.74, 6) is -0.326. The molecule has 0 aliphatic carbocycles. The van der Waals surface area contributed by atoms with E-state index in [1.54, 1.807) is 20.8 Å². The standard InChI is InChI=1S/C20H31N3O4/c1-15(24)21-12-8-9-13-22-18(25)17(14-16-10-6-5-7-11-16)23-19(26)27-20(2,3)4/h5-7,10-11,17H,8-9,12-14H2,1-4H3,(H,21,24)(H,22,25)(H,23,26). The van der Waals surface area contributed by atoms with Gasteiger partial charge >= 0.3 is 6.09 Å². The molecule has 1 rings (SSSR count). The Labute approximate surface area is 161 Å². The van der Waals surface area contributed by atoms with Crippen LogP contribution >= 0.6 is 0 Å². The first kappa shape index (κ1) is 22.5. The lowest BCUT2D eigenvalue weighted by Gasteiger charge is -2.23. The summed E-state index contributed by atoms with van der Waals surface area (Å²) >= 11 is 0. The third-order valence-electron chi connectivity index (χ3n) is 3.57. The summed E-state index contributed by atoms with van der Waals surface area (Å²) in [6.07, 6.45) is 1.25. The van der Waals surface area contributed by atoms with E-state index in [4.69, 9.17) is 4.74 Å². The van der Waals surface area contributed by atoms with Crippen molar-refractivity contribution < 1.29 is 19.1 Å². The fourth-order valence-corrected chi connectivity index (χ4v) is 2.36. The first-order chi connectivity index (χ1) is 12.7. The van der Waals surface area contributed by atoms with E-state index < -0.39 is 17.7 Å². The van der Waals surface area contributed by atoms with Crippen molar-refractivity contribution in [3.8, 4) is 0 Å². The van der Waals surface area contributed by atoms with Crippen molar-refractivity contribution in [2.75, 3.05) is 13.1 Å². The molecule has 0 saturated heterocycles. The van der Waals surface area contributed by atoms with Gasteiger partial charge in [0.15, 0.2) is 0 Å². The molecule has 7 heteroatoms. The smallest absolute Gasteiger partial charge is 0.408 e. The number of nitrogens with one attached hydrogen (secondary N) is 3.